The van der Waals surface area contributed by atoms with Gasteiger partial charge in [0.15, 0.2) is 0 Å². The highest BCUT2D eigenvalue weighted by Gasteiger charge is 2.46. The molecule has 2 aliphatic heterocycles. The van der Waals surface area contributed by atoms with Crippen molar-refractivity contribution in [1.82, 2.24) is 4.90 Å². The second-order valence-electron chi connectivity index (χ2n) is 8.87. The number of ketones is 1. The number of hydrogen-bond donors (Lipinski definition) is 1. The van der Waals surface area contributed by atoms with Crippen molar-refractivity contribution < 1.29 is 24.2 Å². The molecule has 0 radical (unpaired) electrons. The first-order valence-corrected chi connectivity index (χ1v) is 11.8. The lowest BCUT2D eigenvalue weighted by molar-refractivity contribution is -0.140. The molecule has 1 saturated heterocycles. The van der Waals surface area contributed by atoms with Crippen LogP contribution in [0.1, 0.15) is 42.1 Å². The zero-order valence-corrected chi connectivity index (χ0v) is 19.7. The summed E-state index contributed by atoms with van der Waals surface area (Å²) in [5.74, 6) is -0.109. The van der Waals surface area contributed by atoms with E-state index in [4.69, 9.17) is 9.47 Å². The molecule has 35 heavy (non-hydrogen) atoms. The predicted octanol–water partition coefficient (Wildman–Crippen LogP) is 5.03. The number of nitrogens with zero attached hydrogens (tertiary/aromatic N) is 1. The number of Topliss-reactive ketones (excluding diaryl/α,β-unsaturated/α-hetero) is 1. The van der Waals surface area contributed by atoms with Crippen LogP contribution in [-0.4, -0.2) is 34.4 Å². The van der Waals surface area contributed by atoms with E-state index in [1.165, 1.54) is 4.90 Å². The quantitative estimate of drug-likeness (QED) is 0.311. The summed E-state index contributed by atoms with van der Waals surface area (Å²) in [5.41, 5.74) is 3.13. The number of benzene rings is 3. The first-order valence-electron chi connectivity index (χ1n) is 11.8. The van der Waals surface area contributed by atoms with Crippen molar-refractivity contribution in [3.63, 3.8) is 0 Å². The van der Waals surface area contributed by atoms with Gasteiger partial charge in [0, 0.05) is 18.5 Å². The average molecular weight is 470 g/mol. The fourth-order valence-corrected chi connectivity index (χ4v) is 4.84. The number of carbonyl (C=O) groups excluding carboxylic acids is 2. The molecule has 6 nitrogen and oxygen atoms in total. The third-order valence-electron chi connectivity index (χ3n) is 6.39. The lowest BCUT2D eigenvalue weighted by atomic mass is 9.94. The third-order valence-corrected chi connectivity index (χ3v) is 6.39. The number of ether oxygens (including phenoxy) is 2. The number of fused-ring (bicyclic) bond motifs is 1. The summed E-state index contributed by atoms with van der Waals surface area (Å²) in [7, 11) is 0. The van der Waals surface area contributed by atoms with Crippen molar-refractivity contribution in [3.05, 3.63) is 101 Å². The Labute approximate surface area is 204 Å². The van der Waals surface area contributed by atoms with Crippen LogP contribution in [0.3, 0.4) is 0 Å². The van der Waals surface area contributed by atoms with Gasteiger partial charge in [-0.15, -0.1) is 0 Å². The molecule has 0 aromatic heterocycles. The maximum absolute atomic E-state index is 13.3. The van der Waals surface area contributed by atoms with Crippen LogP contribution in [0.15, 0.2) is 78.4 Å². The molecule has 6 heteroatoms. The predicted molar refractivity (Wildman–Crippen MR) is 132 cm³/mol. The van der Waals surface area contributed by atoms with Crippen LogP contribution in [0.2, 0.25) is 0 Å². The van der Waals surface area contributed by atoms with E-state index in [9.17, 15) is 14.7 Å². The molecular formula is C29H27NO5. The van der Waals surface area contributed by atoms with Crippen molar-refractivity contribution >= 4 is 17.4 Å². The molecule has 0 bridgehead atoms. The first-order chi connectivity index (χ1) is 17.0. The van der Waals surface area contributed by atoms with E-state index in [0.717, 1.165) is 23.3 Å². The smallest absolute Gasteiger partial charge is 0.295 e. The van der Waals surface area contributed by atoms with Crippen LogP contribution in [0.5, 0.6) is 11.5 Å². The number of carbonyl (C=O) groups is 2. The number of aliphatic hydroxyl groups excluding tert-OH is 1. The Morgan fingerprint density at radius 3 is 2.63 bits per heavy atom. The largest absolute Gasteiger partial charge is 0.507 e. The highest BCUT2D eigenvalue weighted by molar-refractivity contribution is 6.46. The van der Waals surface area contributed by atoms with Crippen LogP contribution in [0.25, 0.3) is 5.76 Å². The minimum Gasteiger partial charge on any atom is -0.507 e. The average Bonchev–Trinajstić information content (AvgIpc) is 3.35. The van der Waals surface area contributed by atoms with Gasteiger partial charge in [-0.2, -0.15) is 0 Å². The van der Waals surface area contributed by atoms with Gasteiger partial charge in [0.25, 0.3) is 11.7 Å². The molecule has 0 unspecified atom stereocenters. The zero-order chi connectivity index (χ0) is 24.5. The molecule has 1 N–H and O–H groups in total. The molecule has 0 spiro atoms. The molecule has 0 saturated carbocycles. The molecule has 3 aromatic rings. The molecule has 0 aliphatic carbocycles. The molecule has 3 aromatic carbocycles. The van der Waals surface area contributed by atoms with Crippen LogP contribution in [-0.2, 0) is 22.6 Å². The van der Waals surface area contributed by atoms with Gasteiger partial charge < -0.3 is 19.5 Å². The minimum absolute atomic E-state index is 0.0557. The minimum atomic E-state index is -0.751. The highest BCUT2D eigenvalue weighted by Crippen LogP contribution is 2.42. The zero-order valence-electron chi connectivity index (χ0n) is 19.7. The summed E-state index contributed by atoms with van der Waals surface area (Å²) in [6, 6.07) is 21.5. The van der Waals surface area contributed by atoms with Crippen LogP contribution >= 0.6 is 0 Å². The molecule has 1 fully saturated rings. The van der Waals surface area contributed by atoms with E-state index in [1.54, 1.807) is 12.1 Å². The molecular weight excluding hydrogens is 442 g/mol. The van der Waals surface area contributed by atoms with E-state index < -0.39 is 17.7 Å². The summed E-state index contributed by atoms with van der Waals surface area (Å²) in [6.07, 6.45) is 0.777. The Kier molecular flexibility index (Phi) is 6.03. The Balaban J connectivity index is 1.63. The van der Waals surface area contributed by atoms with Crippen molar-refractivity contribution in [2.75, 3.05) is 6.61 Å². The standard InChI is InChI=1S/C29H27NO5/c1-3-34-23-11-7-10-20(16-23)26-25(27(31)21-12-13-24-22(15-21)14-18(2)35-24)28(32)29(33)30(26)17-19-8-5-4-6-9-19/h4-13,15-16,18,26,31H,3,14,17H2,1-2H3/b27-25+/t18-,26-/m1/s1. The van der Waals surface area contributed by atoms with E-state index in [0.29, 0.717) is 23.5 Å². The van der Waals surface area contributed by atoms with Gasteiger partial charge in [-0.3, -0.25) is 9.59 Å². The van der Waals surface area contributed by atoms with Gasteiger partial charge in [-0.05, 0) is 60.9 Å². The number of hydrogen-bond acceptors (Lipinski definition) is 5. The van der Waals surface area contributed by atoms with Gasteiger partial charge in [0.2, 0.25) is 0 Å². The summed E-state index contributed by atoms with van der Waals surface area (Å²) in [5, 5.41) is 11.4. The number of aliphatic hydroxyl groups is 1. The van der Waals surface area contributed by atoms with Crippen molar-refractivity contribution in [3.8, 4) is 11.5 Å². The third kappa shape index (κ3) is 4.28. The SMILES string of the molecule is CCOc1cccc([C@@H]2/C(=C(\O)c3ccc4c(c3)C[C@@H](C)O4)C(=O)C(=O)N2Cc2ccccc2)c1. The van der Waals surface area contributed by atoms with Crippen LogP contribution in [0, 0.1) is 0 Å². The van der Waals surface area contributed by atoms with E-state index >= 15 is 0 Å². The number of rotatable bonds is 6. The molecule has 2 heterocycles. The second-order valence-corrected chi connectivity index (χ2v) is 8.87. The topological polar surface area (TPSA) is 76.1 Å². The molecule has 1 amide bonds. The number of likely N-dealkylation sites (tertiary alicyclic amines) is 1. The van der Waals surface area contributed by atoms with Crippen LogP contribution in [0.4, 0.5) is 0 Å². The summed E-state index contributed by atoms with van der Waals surface area (Å²) in [4.78, 5) is 28.1. The molecule has 5 rings (SSSR count). The first kappa shape index (κ1) is 22.7. The maximum atomic E-state index is 13.3. The molecule has 2 atom stereocenters. The fraction of sp³-hybridized carbons (Fsp3) is 0.241. The van der Waals surface area contributed by atoms with Crippen molar-refractivity contribution in [2.45, 2.75) is 39.0 Å². The normalized spacial score (nSPS) is 20.6. The van der Waals surface area contributed by atoms with Crippen molar-refractivity contribution in [2.24, 2.45) is 0 Å². The lowest BCUT2D eigenvalue weighted by Gasteiger charge is -2.26. The Hall–Kier alpha value is -4.06. The van der Waals surface area contributed by atoms with E-state index in [2.05, 4.69) is 0 Å². The Bertz CT molecular complexity index is 1310. The van der Waals surface area contributed by atoms with Crippen LogP contribution < -0.4 is 9.47 Å². The number of amides is 1. The summed E-state index contributed by atoms with van der Waals surface area (Å²) >= 11 is 0. The lowest BCUT2D eigenvalue weighted by Crippen LogP contribution is -2.29. The second kappa shape index (κ2) is 9.29. The highest BCUT2D eigenvalue weighted by atomic mass is 16.5. The van der Waals surface area contributed by atoms with Gasteiger partial charge in [0.1, 0.15) is 23.4 Å². The van der Waals surface area contributed by atoms with E-state index in [1.807, 2.05) is 74.5 Å². The summed E-state index contributed by atoms with van der Waals surface area (Å²) in [6.45, 7) is 4.61. The maximum Gasteiger partial charge on any atom is 0.295 e. The fourth-order valence-electron chi connectivity index (χ4n) is 4.84. The molecule has 2 aliphatic rings. The molecule has 178 valence electrons. The summed E-state index contributed by atoms with van der Waals surface area (Å²) < 4.78 is 11.4. The monoisotopic (exact) mass is 469 g/mol. The van der Waals surface area contributed by atoms with Gasteiger partial charge in [-0.25, -0.2) is 0 Å². The van der Waals surface area contributed by atoms with Gasteiger partial charge >= 0.3 is 0 Å². The Morgan fingerprint density at radius 2 is 1.86 bits per heavy atom. The van der Waals surface area contributed by atoms with E-state index in [-0.39, 0.29) is 24.0 Å². The van der Waals surface area contributed by atoms with Crippen molar-refractivity contribution in [1.29, 1.82) is 0 Å². The Morgan fingerprint density at radius 1 is 1.06 bits per heavy atom. The van der Waals surface area contributed by atoms with Gasteiger partial charge in [0.05, 0.1) is 18.2 Å². The van der Waals surface area contributed by atoms with Gasteiger partial charge in [-0.1, -0.05) is 42.5 Å².